The van der Waals surface area contributed by atoms with Crippen LogP contribution >= 0.6 is 0 Å². The first-order chi connectivity index (χ1) is 14.7. The van der Waals surface area contributed by atoms with Crippen LogP contribution in [0.25, 0.3) is 0 Å². The third-order valence-corrected chi connectivity index (χ3v) is 5.98. The number of methoxy groups -OCH3 is 2. The normalized spacial score (nSPS) is 16.9. The van der Waals surface area contributed by atoms with Gasteiger partial charge in [-0.25, -0.2) is 0 Å². The molecule has 2 fully saturated rings. The molecule has 1 saturated carbocycles. The number of rotatable bonds is 8. The van der Waals surface area contributed by atoms with Crippen molar-refractivity contribution in [3.8, 4) is 11.5 Å². The number of amides is 1. The molecule has 1 amide bonds. The van der Waals surface area contributed by atoms with Crippen molar-refractivity contribution in [2.75, 3.05) is 51.8 Å². The van der Waals surface area contributed by atoms with Gasteiger partial charge in [0.1, 0.15) is 11.5 Å². The van der Waals surface area contributed by atoms with Crippen LogP contribution in [0.1, 0.15) is 18.4 Å². The Morgan fingerprint density at radius 1 is 0.967 bits per heavy atom. The molecular formula is C24H31N3O3. The van der Waals surface area contributed by atoms with E-state index in [1.807, 2.05) is 42.5 Å². The van der Waals surface area contributed by atoms with E-state index in [9.17, 15) is 4.79 Å². The third-order valence-electron chi connectivity index (χ3n) is 5.98. The molecule has 0 radical (unpaired) electrons. The second-order valence-electron chi connectivity index (χ2n) is 8.04. The molecule has 4 rings (SSSR count). The Balaban J connectivity index is 1.32. The Morgan fingerprint density at radius 2 is 1.67 bits per heavy atom. The van der Waals surface area contributed by atoms with Gasteiger partial charge in [0.2, 0.25) is 5.91 Å². The van der Waals surface area contributed by atoms with Crippen LogP contribution < -0.4 is 14.4 Å². The zero-order valence-electron chi connectivity index (χ0n) is 17.9. The van der Waals surface area contributed by atoms with E-state index in [1.165, 1.54) is 0 Å². The lowest BCUT2D eigenvalue weighted by atomic mass is 10.2. The summed E-state index contributed by atoms with van der Waals surface area (Å²) in [4.78, 5) is 19.8. The van der Waals surface area contributed by atoms with E-state index in [1.54, 1.807) is 14.2 Å². The van der Waals surface area contributed by atoms with Gasteiger partial charge in [0.25, 0.3) is 0 Å². The molecule has 1 aliphatic carbocycles. The third kappa shape index (κ3) is 4.87. The van der Waals surface area contributed by atoms with Crippen molar-refractivity contribution < 1.29 is 14.3 Å². The maximum absolute atomic E-state index is 13.1. The van der Waals surface area contributed by atoms with Gasteiger partial charge in [0, 0.05) is 38.8 Å². The Hall–Kier alpha value is -2.73. The summed E-state index contributed by atoms with van der Waals surface area (Å²) < 4.78 is 10.7. The van der Waals surface area contributed by atoms with Crippen molar-refractivity contribution in [2.24, 2.45) is 0 Å². The van der Waals surface area contributed by atoms with Crippen LogP contribution in [0, 0.1) is 0 Å². The first kappa shape index (κ1) is 20.5. The number of nitrogens with zero attached hydrogens (tertiary/aromatic N) is 3. The first-order valence-corrected chi connectivity index (χ1v) is 10.7. The van der Waals surface area contributed by atoms with E-state index in [0.29, 0.717) is 19.1 Å². The molecule has 2 aromatic carbocycles. The van der Waals surface area contributed by atoms with E-state index >= 15 is 0 Å². The fourth-order valence-electron chi connectivity index (χ4n) is 4.05. The molecule has 2 aliphatic rings. The van der Waals surface area contributed by atoms with Crippen molar-refractivity contribution in [3.05, 3.63) is 54.1 Å². The predicted octanol–water partition coefficient (Wildman–Crippen LogP) is 3.02. The number of anilines is 1. The molecule has 0 N–H and O–H groups in total. The fourth-order valence-corrected chi connectivity index (χ4v) is 4.05. The molecule has 1 aliphatic heterocycles. The fraction of sp³-hybridized carbons (Fsp3) is 0.458. The number of piperazine rings is 1. The quantitative estimate of drug-likeness (QED) is 0.671. The molecule has 1 heterocycles. The summed E-state index contributed by atoms with van der Waals surface area (Å²) in [5.41, 5.74) is 2.28. The van der Waals surface area contributed by atoms with Crippen LogP contribution in [0.5, 0.6) is 11.5 Å². The summed E-state index contributed by atoms with van der Waals surface area (Å²) in [6.45, 7) is 4.72. The molecule has 0 unspecified atom stereocenters. The van der Waals surface area contributed by atoms with Crippen molar-refractivity contribution in [1.82, 2.24) is 9.80 Å². The SMILES string of the molecule is COc1ccc(CN(C(=O)CN2CCN(c3ccccc3OC)CC2)C2CC2)cc1. The average molecular weight is 410 g/mol. The number of benzene rings is 2. The first-order valence-electron chi connectivity index (χ1n) is 10.7. The van der Waals surface area contributed by atoms with Crippen LogP contribution in [0.2, 0.25) is 0 Å². The van der Waals surface area contributed by atoms with Gasteiger partial charge in [-0.2, -0.15) is 0 Å². The molecule has 0 aromatic heterocycles. The monoisotopic (exact) mass is 409 g/mol. The maximum Gasteiger partial charge on any atom is 0.237 e. The minimum Gasteiger partial charge on any atom is -0.497 e. The summed E-state index contributed by atoms with van der Waals surface area (Å²) in [6, 6.07) is 16.5. The topological polar surface area (TPSA) is 45.2 Å². The lowest BCUT2D eigenvalue weighted by Crippen LogP contribution is -2.50. The highest BCUT2D eigenvalue weighted by molar-refractivity contribution is 5.79. The van der Waals surface area contributed by atoms with Crippen LogP contribution in [-0.2, 0) is 11.3 Å². The maximum atomic E-state index is 13.1. The number of ether oxygens (including phenoxy) is 2. The van der Waals surface area contributed by atoms with E-state index in [4.69, 9.17) is 9.47 Å². The van der Waals surface area contributed by atoms with Gasteiger partial charge in [-0.3, -0.25) is 9.69 Å². The molecule has 6 nitrogen and oxygen atoms in total. The van der Waals surface area contributed by atoms with Crippen molar-refractivity contribution in [1.29, 1.82) is 0 Å². The lowest BCUT2D eigenvalue weighted by Gasteiger charge is -2.37. The lowest BCUT2D eigenvalue weighted by molar-refractivity contribution is -0.133. The molecule has 1 saturated heterocycles. The minimum atomic E-state index is 0.235. The molecule has 2 aromatic rings. The Kier molecular flexibility index (Phi) is 6.43. The van der Waals surface area contributed by atoms with Crippen molar-refractivity contribution in [3.63, 3.8) is 0 Å². The van der Waals surface area contributed by atoms with E-state index < -0.39 is 0 Å². The van der Waals surface area contributed by atoms with Gasteiger partial charge >= 0.3 is 0 Å². The van der Waals surface area contributed by atoms with Gasteiger partial charge in [0.05, 0.1) is 26.5 Å². The standard InChI is InChI=1S/C24H31N3O3/c1-29-21-11-7-19(8-12-21)17-27(20-9-10-20)24(28)18-25-13-15-26(16-14-25)22-5-3-4-6-23(22)30-2/h3-8,11-12,20H,9-10,13-18H2,1-2H3. The van der Waals surface area contributed by atoms with Crippen LogP contribution in [-0.4, -0.2) is 68.7 Å². The predicted molar refractivity (Wildman–Crippen MR) is 118 cm³/mol. The molecule has 0 atom stereocenters. The molecule has 0 spiro atoms. The smallest absolute Gasteiger partial charge is 0.237 e. The Labute approximate surface area is 179 Å². The van der Waals surface area contributed by atoms with Gasteiger partial charge in [-0.1, -0.05) is 24.3 Å². The largest absolute Gasteiger partial charge is 0.497 e. The van der Waals surface area contributed by atoms with Crippen molar-refractivity contribution in [2.45, 2.75) is 25.4 Å². The highest BCUT2D eigenvalue weighted by Crippen LogP contribution is 2.30. The number of carbonyl (C=O) groups is 1. The van der Waals surface area contributed by atoms with Crippen LogP contribution in [0.15, 0.2) is 48.5 Å². The summed E-state index contributed by atoms with van der Waals surface area (Å²) >= 11 is 0. The zero-order chi connectivity index (χ0) is 20.9. The zero-order valence-corrected chi connectivity index (χ0v) is 17.9. The number of carbonyl (C=O) groups excluding carboxylic acids is 1. The Bertz CT molecular complexity index is 843. The van der Waals surface area contributed by atoms with Crippen molar-refractivity contribution >= 4 is 11.6 Å². The minimum absolute atomic E-state index is 0.235. The average Bonchev–Trinajstić information content (AvgIpc) is 3.63. The number of hydrogen-bond acceptors (Lipinski definition) is 5. The van der Waals surface area contributed by atoms with Gasteiger partial charge in [0.15, 0.2) is 0 Å². The number of hydrogen-bond donors (Lipinski definition) is 0. The summed E-state index contributed by atoms with van der Waals surface area (Å²) in [5.74, 6) is 1.98. The Morgan fingerprint density at radius 3 is 2.30 bits per heavy atom. The van der Waals surface area contributed by atoms with E-state index in [2.05, 4.69) is 20.8 Å². The van der Waals surface area contributed by atoms with E-state index in [0.717, 1.165) is 61.8 Å². The summed E-state index contributed by atoms with van der Waals surface area (Å²) in [6.07, 6.45) is 2.23. The molecular weight excluding hydrogens is 378 g/mol. The number of para-hydroxylation sites is 2. The van der Waals surface area contributed by atoms with Gasteiger partial charge in [-0.15, -0.1) is 0 Å². The molecule has 30 heavy (non-hydrogen) atoms. The van der Waals surface area contributed by atoms with E-state index in [-0.39, 0.29) is 5.91 Å². The molecule has 6 heteroatoms. The summed E-state index contributed by atoms with van der Waals surface area (Å²) in [7, 11) is 3.38. The highest BCUT2D eigenvalue weighted by Gasteiger charge is 2.33. The second kappa shape index (κ2) is 9.39. The molecule has 0 bridgehead atoms. The molecule has 160 valence electrons. The summed E-state index contributed by atoms with van der Waals surface area (Å²) in [5, 5.41) is 0. The van der Waals surface area contributed by atoms with Gasteiger partial charge in [-0.05, 0) is 42.7 Å². The van der Waals surface area contributed by atoms with Gasteiger partial charge < -0.3 is 19.3 Å². The van der Waals surface area contributed by atoms with Crippen LogP contribution in [0.4, 0.5) is 5.69 Å². The second-order valence-corrected chi connectivity index (χ2v) is 8.04. The highest BCUT2D eigenvalue weighted by atomic mass is 16.5. The van der Waals surface area contributed by atoms with Crippen LogP contribution in [0.3, 0.4) is 0 Å².